The van der Waals surface area contributed by atoms with Crippen molar-refractivity contribution >= 4 is 5.71 Å². The Kier molecular flexibility index (Phi) is 10.3. The van der Waals surface area contributed by atoms with Crippen molar-refractivity contribution in [1.82, 2.24) is 4.90 Å². The predicted octanol–water partition coefficient (Wildman–Crippen LogP) is 1.37. The van der Waals surface area contributed by atoms with Crippen molar-refractivity contribution in [3.63, 3.8) is 0 Å². The van der Waals surface area contributed by atoms with Crippen LogP contribution in [0.1, 0.15) is 19.8 Å². The molecule has 0 aromatic heterocycles. The van der Waals surface area contributed by atoms with Crippen LogP contribution in [-0.2, 0) is 0 Å². The van der Waals surface area contributed by atoms with E-state index in [1.807, 2.05) is 6.92 Å². The monoisotopic (exact) mass is 366 g/mol. The topological polar surface area (TPSA) is 27.1 Å². The summed E-state index contributed by atoms with van der Waals surface area (Å²) in [5, 5.41) is 7.12. The SMILES string of the molecule is CC(=N)CCCN(C)C.[U]. The Labute approximate surface area is 87.3 Å². The van der Waals surface area contributed by atoms with Gasteiger partial charge in [0.05, 0.1) is 0 Å². The van der Waals surface area contributed by atoms with Crippen LogP contribution in [0.4, 0.5) is 0 Å². The third kappa shape index (κ3) is 11.5. The minimum Gasteiger partial charge on any atom is -0.310 e. The zero-order valence-corrected chi connectivity index (χ0v) is 11.2. The first-order chi connectivity index (χ1) is 4.13. The van der Waals surface area contributed by atoms with E-state index in [1.165, 1.54) is 0 Å². The number of nitrogens with one attached hydrogen (secondary N) is 1. The van der Waals surface area contributed by atoms with Gasteiger partial charge in [0.1, 0.15) is 0 Å². The molecule has 0 heterocycles. The summed E-state index contributed by atoms with van der Waals surface area (Å²) in [4.78, 5) is 2.14. The first-order valence-electron chi connectivity index (χ1n) is 3.31. The fourth-order valence-corrected chi connectivity index (χ4v) is 0.660. The molecule has 1 N–H and O–H groups in total. The molecule has 3 heteroatoms. The summed E-state index contributed by atoms with van der Waals surface area (Å²) in [5.41, 5.74) is 0.789. The molecule has 0 atom stereocenters. The maximum absolute atomic E-state index is 7.12. The van der Waals surface area contributed by atoms with Gasteiger partial charge in [0.2, 0.25) is 0 Å². The zero-order chi connectivity index (χ0) is 7.28. The Morgan fingerprint density at radius 1 is 1.40 bits per heavy atom. The quantitative estimate of drug-likeness (QED) is 0.748. The predicted molar refractivity (Wildman–Crippen MR) is 41.2 cm³/mol. The first-order valence-corrected chi connectivity index (χ1v) is 3.31. The van der Waals surface area contributed by atoms with Crippen molar-refractivity contribution in [2.75, 3.05) is 20.6 Å². The van der Waals surface area contributed by atoms with Crippen LogP contribution in [0.3, 0.4) is 0 Å². The van der Waals surface area contributed by atoms with E-state index in [1.54, 1.807) is 0 Å². The van der Waals surface area contributed by atoms with E-state index in [4.69, 9.17) is 5.41 Å². The molecular formula is C7H16N2U. The molecule has 0 rings (SSSR count). The second-order valence-electron chi connectivity index (χ2n) is 2.69. The molecule has 0 aromatic carbocycles. The molecule has 0 aliphatic carbocycles. The molecule has 10 heavy (non-hydrogen) atoms. The molecule has 0 unspecified atom stereocenters. The van der Waals surface area contributed by atoms with Gasteiger partial charge in [-0.1, -0.05) is 0 Å². The van der Waals surface area contributed by atoms with Gasteiger partial charge in [-0.25, -0.2) is 0 Å². The van der Waals surface area contributed by atoms with Crippen molar-refractivity contribution in [1.29, 1.82) is 5.41 Å². The van der Waals surface area contributed by atoms with Gasteiger partial charge in [0.25, 0.3) is 0 Å². The van der Waals surface area contributed by atoms with E-state index in [2.05, 4.69) is 19.0 Å². The van der Waals surface area contributed by atoms with E-state index in [-0.39, 0.29) is 31.1 Å². The molecule has 58 valence electrons. The van der Waals surface area contributed by atoms with Crippen molar-refractivity contribution in [2.24, 2.45) is 0 Å². The zero-order valence-electron chi connectivity index (χ0n) is 7.07. The van der Waals surface area contributed by atoms with Gasteiger partial charge >= 0.3 is 0 Å². The van der Waals surface area contributed by atoms with E-state index in [9.17, 15) is 0 Å². The fourth-order valence-electron chi connectivity index (χ4n) is 0.660. The molecular weight excluding hydrogens is 350 g/mol. The molecule has 0 aliphatic heterocycles. The minimum atomic E-state index is 0. The van der Waals surface area contributed by atoms with Crippen LogP contribution in [0.15, 0.2) is 0 Å². The summed E-state index contributed by atoms with van der Waals surface area (Å²) < 4.78 is 0. The molecule has 0 radical (unpaired) electrons. The van der Waals surface area contributed by atoms with Crippen LogP contribution < -0.4 is 0 Å². The van der Waals surface area contributed by atoms with Crippen LogP contribution in [-0.4, -0.2) is 31.3 Å². The van der Waals surface area contributed by atoms with Crippen molar-refractivity contribution < 1.29 is 31.1 Å². The average molecular weight is 366 g/mol. The van der Waals surface area contributed by atoms with Crippen molar-refractivity contribution in [3.8, 4) is 0 Å². The molecule has 2 nitrogen and oxygen atoms in total. The molecule has 0 amide bonds. The summed E-state index contributed by atoms with van der Waals surface area (Å²) in [7, 11) is 4.11. The van der Waals surface area contributed by atoms with Crippen LogP contribution in [0, 0.1) is 36.5 Å². The smallest absolute Gasteiger partial charge is 0.00587 e. The molecule has 0 fully saturated rings. The Hall–Kier alpha value is 0.682. The number of rotatable bonds is 4. The summed E-state index contributed by atoms with van der Waals surface area (Å²) in [6.07, 6.45) is 2.06. The maximum Gasteiger partial charge on any atom is 0.00587 e. The van der Waals surface area contributed by atoms with Crippen molar-refractivity contribution in [2.45, 2.75) is 19.8 Å². The molecule has 0 bridgehead atoms. The van der Waals surface area contributed by atoms with Crippen LogP contribution in [0.5, 0.6) is 0 Å². The molecule has 0 saturated heterocycles. The van der Waals surface area contributed by atoms with E-state index < -0.39 is 0 Å². The minimum absolute atomic E-state index is 0. The summed E-state index contributed by atoms with van der Waals surface area (Å²) >= 11 is 0. The number of nitrogens with zero attached hydrogens (tertiary/aromatic N) is 1. The Balaban J connectivity index is 0. The third-order valence-corrected chi connectivity index (χ3v) is 1.16. The molecule has 0 aliphatic rings. The summed E-state index contributed by atoms with van der Waals surface area (Å²) in [6.45, 7) is 2.95. The summed E-state index contributed by atoms with van der Waals surface area (Å²) in [6, 6.07) is 0. The second-order valence-corrected chi connectivity index (χ2v) is 2.69. The molecule has 0 spiro atoms. The summed E-state index contributed by atoms with van der Waals surface area (Å²) in [5.74, 6) is 0. The van der Waals surface area contributed by atoms with Crippen LogP contribution >= 0.6 is 0 Å². The van der Waals surface area contributed by atoms with E-state index >= 15 is 0 Å². The normalized spacial score (nSPS) is 9.20. The van der Waals surface area contributed by atoms with E-state index in [0.29, 0.717) is 0 Å². The van der Waals surface area contributed by atoms with Gasteiger partial charge in [-0.3, -0.25) is 0 Å². The van der Waals surface area contributed by atoms with Gasteiger partial charge in [-0.2, -0.15) is 0 Å². The van der Waals surface area contributed by atoms with Crippen molar-refractivity contribution in [3.05, 3.63) is 0 Å². The van der Waals surface area contributed by atoms with Gasteiger partial charge in [-0.15, -0.1) is 0 Å². The third-order valence-electron chi connectivity index (χ3n) is 1.16. The standard InChI is InChI=1S/C7H16N2.U/c1-7(8)5-4-6-9(2)3;/h8H,4-6H2,1-3H3;. The maximum atomic E-state index is 7.12. The first kappa shape index (κ1) is 13.3. The second kappa shape index (κ2) is 7.79. The van der Waals surface area contributed by atoms with Crippen LogP contribution in [0.25, 0.3) is 0 Å². The fraction of sp³-hybridized carbons (Fsp3) is 0.857. The van der Waals surface area contributed by atoms with Gasteiger partial charge < -0.3 is 10.3 Å². The van der Waals surface area contributed by atoms with Gasteiger partial charge in [-0.05, 0) is 40.4 Å². The van der Waals surface area contributed by atoms with Gasteiger partial charge in [0, 0.05) is 36.8 Å². The Morgan fingerprint density at radius 3 is 2.20 bits per heavy atom. The average Bonchev–Trinajstić information content (AvgIpc) is 1.63. The molecule has 0 saturated carbocycles. The van der Waals surface area contributed by atoms with Crippen LogP contribution in [0.2, 0.25) is 0 Å². The molecule has 0 aromatic rings. The van der Waals surface area contributed by atoms with E-state index in [0.717, 1.165) is 25.1 Å². The largest absolute Gasteiger partial charge is 0.310 e. The number of hydrogen-bond acceptors (Lipinski definition) is 2. The Bertz CT molecular complexity index is 91.6. The van der Waals surface area contributed by atoms with Gasteiger partial charge in [0.15, 0.2) is 0 Å². The number of hydrogen-bond donors (Lipinski definition) is 1. The Morgan fingerprint density at radius 2 is 1.90 bits per heavy atom.